The summed E-state index contributed by atoms with van der Waals surface area (Å²) in [5.41, 5.74) is 0.469. The van der Waals surface area contributed by atoms with Gasteiger partial charge >= 0.3 is 0 Å². The molecule has 2 aromatic heterocycles. The van der Waals surface area contributed by atoms with Gasteiger partial charge in [-0.1, -0.05) is 12.8 Å². The summed E-state index contributed by atoms with van der Waals surface area (Å²) in [5, 5.41) is 16.7. The minimum Gasteiger partial charge on any atom is -0.391 e. The number of carbonyl (C=O) groups is 1. The predicted octanol–water partition coefficient (Wildman–Crippen LogP) is 0.696. The van der Waals surface area contributed by atoms with Gasteiger partial charge in [0.25, 0.3) is 5.91 Å². The van der Waals surface area contributed by atoms with Gasteiger partial charge in [-0.3, -0.25) is 4.79 Å². The molecule has 7 heteroatoms. The number of aromatic nitrogens is 4. The van der Waals surface area contributed by atoms with E-state index in [0.29, 0.717) is 11.4 Å². The first-order valence-electron chi connectivity index (χ1n) is 7.04. The molecular formula is C14H17N5O2. The van der Waals surface area contributed by atoms with Gasteiger partial charge in [0.15, 0.2) is 5.82 Å². The fourth-order valence-electron chi connectivity index (χ4n) is 2.51. The van der Waals surface area contributed by atoms with E-state index in [-0.39, 0.29) is 11.9 Å². The van der Waals surface area contributed by atoms with Crippen molar-refractivity contribution < 1.29 is 9.90 Å². The molecule has 2 aromatic rings. The van der Waals surface area contributed by atoms with Gasteiger partial charge in [-0.25, -0.2) is 14.6 Å². The highest BCUT2D eigenvalue weighted by Gasteiger charge is 2.24. The normalized spacial score (nSPS) is 22.0. The van der Waals surface area contributed by atoms with Crippen molar-refractivity contribution in [2.75, 3.05) is 0 Å². The maximum Gasteiger partial charge on any atom is 0.253 e. The van der Waals surface area contributed by atoms with E-state index in [1.807, 2.05) is 0 Å². The third-order valence-electron chi connectivity index (χ3n) is 3.71. The van der Waals surface area contributed by atoms with Crippen molar-refractivity contribution >= 4 is 5.91 Å². The number of nitrogens with one attached hydrogen (secondary N) is 1. The molecule has 1 fully saturated rings. The van der Waals surface area contributed by atoms with E-state index in [1.54, 1.807) is 18.5 Å². The summed E-state index contributed by atoms with van der Waals surface area (Å²) in [6.07, 6.45) is 7.62. The van der Waals surface area contributed by atoms with Crippen LogP contribution < -0.4 is 5.32 Å². The molecule has 0 aliphatic heterocycles. The third-order valence-corrected chi connectivity index (χ3v) is 3.71. The monoisotopic (exact) mass is 287 g/mol. The number of carbonyl (C=O) groups excluding carboxylic acids is 1. The van der Waals surface area contributed by atoms with Crippen molar-refractivity contribution in [3.05, 3.63) is 36.5 Å². The van der Waals surface area contributed by atoms with Crippen LogP contribution in [-0.2, 0) is 0 Å². The molecular weight excluding hydrogens is 270 g/mol. The number of aliphatic hydroxyl groups excluding tert-OH is 1. The summed E-state index contributed by atoms with van der Waals surface area (Å²) in [4.78, 5) is 20.2. The van der Waals surface area contributed by atoms with Crippen molar-refractivity contribution in [2.45, 2.75) is 37.8 Å². The maximum atomic E-state index is 12.2. The zero-order valence-corrected chi connectivity index (χ0v) is 11.5. The van der Waals surface area contributed by atoms with Crippen LogP contribution in [0.4, 0.5) is 0 Å². The smallest absolute Gasteiger partial charge is 0.253 e. The van der Waals surface area contributed by atoms with Crippen molar-refractivity contribution in [2.24, 2.45) is 0 Å². The summed E-state index contributed by atoms with van der Waals surface area (Å²) < 4.78 is 1.52. The van der Waals surface area contributed by atoms with Crippen LogP contribution in [0, 0.1) is 0 Å². The fourth-order valence-corrected chi connectivity index (χ4v) is 2.51. The van der Waals surface area contributed by atoms with Crippen molar-refractivity contribution in [1.29, 1.82) is 0 Å². The van der Waals surface area contributed by atoms with Crippen molar-refractivity contribution in [1.82, 2.24) is 25.1 Å². The molecule has 1 amide bonds. The number of hydrogen-bond donors (Lipinski definition) is 2. The Bertz CT molecular complexity index is 596. The zero-order valence-electron chi connectivity index (χ0n) is 11.5. The quantitative estimate of drug-likeness (QED) is 0.866. The summed E-state index contributed by atoms with van der Waals surface area (Å²) in [6, 6.07) is 3.23. The predicted molar refractivity (Wildman–Crippen MR) is 74.9 cm³/mol. The highest BCUT2D eigenvalue weighted by Crippen LogP contribution is 2.18. The highest BCUT2D eigenvalue weighted by molar-refractivity contribution is 5.94. The van der Waals surface area contributed by atoms with E-state index in [2.05, 4.69) is 20.4 Å². The maximum absolute atomic E-state index is 12.2. The number of nitrogens with zero attached hydrogens (tertiary/aromatic N) is 4. The summed E-state index contributed by atoms with van der Waals surface area (Å²) in [5.74, 6) is 0.389. The first-order valence-corrected chi connectivity index (χ1v) is 7.04. The summed E-state index contributed by atoms with van der Waals surface area (Å²) in [6.45, 7) is 0. The molecule has 1 saturated carbocycles. The van der Waals surface area contributed by atoms with Gasteiger partial charge in [0, 0.05) is 6.20 Å². The Hall–Kier alpha value is -2.28. The van der Waals surface area contributed by atoms with Crippen LogP contribution in [0.2, 0.25) is 0 Å². The molecule has 0 spiro atoms. The number of amides is 1. The molecule has 3 rings (SSSR count). The molecule has 0 saturated heterocycles. The lowest BCUT2D eigenvalue weighted by Crippen LogP contribution is -2.45. The van der Waals surface area contributed by atoms with Gasteiger partial charge in [-0.2, -0.15) is 5.10 Å². The lowest BCUT2D eigenvalue weighted by atomic mass is 9.92. The van der Waals surface area contributed by atoms with Gasteiger partial charge in [-0.15, -0.1) is 0 Å². The molecule has 2 N–H and O–H groups in total. The second-order valence-corrected chi connectivity index (χ2v) is 5.18. The average molecular weight is 287 g/mol. The van der Waals surface area contributed by atoms with Gasteiger partial charge in [-0.05, 0) is 25.0 Å². The molecule has 0 radical (unpaired) electrons. The minimum atomic E-state index is -0.454. The lowest BCUT2D eigenvalue weighted by Gasteiger charge is -2.28. The Labute approximate surface area is 122 Å². The number of aliphatic hydroxyl groups is 1. The molecule has 0 unspecified atom stereocenters. The largest absolute Gasteiger partial charge is 0.391 e. The van der Waals surface area contributed by atoms with Crippen LogP contribution in [0.5, 0.6) is 0 Å². The topological polar surface area (TPSA) is 92.9 Å². The first kappa shape index (κ1) is 13.7. The molecule has 110 valence electrons. The number of hydrogen-bond acceptors (Lipinski definition) is 5. The van der Waals surface area contributed by atoms with Crippen LogP contribution in [0.1, 0.15) is 36.0 Å². The number of pyridine rings is 1. The van der Waals surface area contributed by atoms with E-state index in [0.717, 1.165) is 25.7 Å². The van der Waals surface area contributed by atoms with E-state index in [1.165, 1.54) is 17.2 Å². The molecule has 0 aromatic carbocycles. The fraction of sp³-hybridized carbons (Fsp3) is 0.429. The van der Waals surface area contributed by atoms with Crippen LogP contribution in [0.25, 0.3) is 5.82 Å². The van der Waals surface area contributed by atoms with E-state index in [9.17, 15) is 9.90 Å². The van der Waals surface area contributed by atoms with Crippen LogP contribution >= 0.6 is 0 Å². The Morgan fingerprint density at radius 1 is 1.33 bits per heavy atom. The Morgan fingerprint density at radius 3 is 2.86 bits per heavy atom. The SMILES string of the molecule is O=C(N[C@H]1CCCC[C@@H]1O)c1ccc(-n2cncn2)nc1. The minimum absolute atomic E-state index is 0.166. The summed E-state index contributed by atoms with van der Waals surface area (Å²) >= 11 is 0. The zero-order chi connectivity index (χ0) is 14.7. The van der Waals surface area contributed by atoms with Crippen molar-refractivity contribution in [3.63, 3.8) is 0 Å². The Balaban J connectivity index is 1.67. The van der Waals surface area contributed by atoms with Crippen molar-refractivity contribution in [3.8, 4) is 5.82 Å². The second kappa shape index (κ2) is 6.01. The van der Waals surface area contributed by atoms with E-state index in [4.69, 9.17) is 0 Å². The third kappa shape index (κ3) is 3.08. The van der Waals surface area contributed by atoms with Crippen LogP contribution in [0.3, 0.4) is 0 Å². The lowest BCUT2D eigenvalue weighted by molar-refractivity contribution is 0.0717. The molecule has 1 aliphatic carbocycles. The Kier molecular flexibility index (Phi) is 3.92. The highest BCUT2D eigenvalue weighted by atomic mass is 16.3. The number of rotatable bonds is 3. The van der Waals surface area contributed by atoms with Gasteiger partial charge in [0.1, 0.15) is 12.7 Å². The van der Waals surface area contributed by atoms with Gasteiger partial charge in [0.2, 0.25) is 0 Å². The second-order valence-electron chi connectivity index (χ2n) is 5.18. The standard InChI is InChI=1S/C14H17N5O2/c20-12-4-2-1-3-11(12)18-14(21)10-5-6-13(16-7-10)19-9-15-8-17-19/h5-9,11-12,20H,1-4H2,(H,18,21)/t11-,12-/m0/s1. The summed E-state index contributed by atoms with van der Waals surface area (Å²) in [7, 11) is 0. The van der Waals surface area contributed by atoms with Gasteiger partial charge in [0.05, 0.1) is 17.7 Å². The Morgan fingerprint density at radius 2 is 2.19 bits per heavy atom. The first-order chi connectivity index (χ1) is 10.2. The van der Waals surface area contributed by atoms with E-state index < -0.39 is 6.10 Å². The molecule has 0 bridgehead atoms. The average Bonchev–Trinajstić information content (AvgIpc) is 3.04. The van der Waals surface area contributed by atoms with E-state index >= 15 is 0 Å². The molecule has 21 heavy (non-hydrogen) atoms. The van der Waals surface area contributed by atoms with Gasteiger partial charge < -0.3 is 10.4 Å². The molecule has 2 atom stereocenters. The van der Waals surface area contributed by atoms with Crippen LogP contribution in [-0.4, -0.2) is 42.9 Å². The molecule has 1 aliphatic rings. The molecule has 2 heterocycles. The van der Waals surface area contributed by atoms with Crippen LogP contribution in [0.15, 0.2) is 31.0 Å². The molecule has 7 nitrogen and oxygen atoms in total.